The molecule has 0 aromatic heterocycles. The van der Waals surface area contributed by atoms with Crippen LogP contribution in [-0.4, -0.2) is 19.8 Å². The van der Waals surface area contributed by atoms with Gasteiger partial charge < -0.3 is 10.1 Å². The highest BCUT2D eigenvalue weighted by atomic mass is 16.5. The van der Waals surface area contributed by atoms with Crippen molar-refractivity contribution in [1.29, 1.82) is 5.26 Å². The third-order valence-corrected chi connectivity index (χ3v) is 2.56. The normalized spacial score (nSPS) is 9.94. The number of hydrogen-bond acceptors (Lipinski definition) is 3. The first kappa shape index (κ1) is 13.5. The van der Waals surface area contributed by atoms with Crippen LogP contribution < -0.4 is 5.32 Å². The van der Waals surface area contributed by atoms with E-state index in [1.165, 1.54) is 6.42 Å². The monoisotopic (exact) mass is 232 g/mol. The molecule has 0 saturated heterocycles. The number of anilines is 1. The SMILES string of the molecule is CCCCOCCNc1ccc(C#N)c(C)c1. The fourth-order valence-corrected chi connectivity index (χ4v) is 1.52. The molecule has 0 atom stereocenters. The number of unbranched alkanes of at least 4 members (excludes halogenated alkanes) is 1. The zero-order valence-electron chi connectivity index (χ0n) is 10.6. The van der Waals surface area contributed by atoms with Gasteiger partial charge in [-0.3, -0.25) is 0 Å². The number of ether oxygens (including phenoxy) is 1. The number of hydrogen-bond donors (Lipinski definition) is 1. The van der Waals surface area contributed by atoms with E-state index in [-0.39, 0.29) is 0 Å². The van der Waals surface area contributed by atoms with Crippen molar-refractivity contribution >= 4 is 5.69 Å². The molecule has 0 saturated carbocycles. The zero-order chi connectivity index (χ0) is 12.5. The molecule has 3 heteroatoms. The van der Waals surface area contributed by atoms with Gasteiger partial charge in [-0.05, 0) is 37.1 Å². The first-order valence-corrected chi connectivity index (χ1v) is 6.10. The summed E-state index contributed by atoms with van der Waals surface area (Å²) >= 11 is 0. The first-order chi connectivity index (χ1) is 8.27. The van der Waals surface area contributed by atoms with E-state index in [2.05, 4.69) is 18.3 Å². The summed E-state index contributed by atoms with van der Waals surface area (Å²) in [7, 11) is 0. The lowest BCUT2D eigenvalue weighted by Gasteiger charge is -2.08. The van der Waals surface area contributed by atoms with Crippen LogP contribution in [0.1, 0.15) is 30.9 Å². The van der Waals surface area contributed by atoms with E-state index in [9.17, 15) is 0 Å². The summed E-state index contributed by atoms with van der Waals surface area (Å²) < 4.78 is 5.46. The number of nitrogens with zero attached hydrogens (tertiary/aromatic N) is 1. The highest BCUT2D eigenvalue weighted by Crippen LogP contribution is 2.13. The number of benzene rings is 1. The van der Waals surface area contributed by atoms with Crippen molar-refractivity contribution < 1.29 is 4.74 Å². The molecular weight excluding hydrogens is 212 g/mol. The van der Waals surface area contributed by atoms with Gasteiger partial charge in [0.05, 0.1) is 18.2 Å². The zero-order valence-corrected chi connectivity index (χ0v) is 10.6. The summed E-state index contributed by atoms with van der Waals surface area (Å²) in [5.74, 6) is 0. The average Bonchev–Trinajstić information content (AvgIpc) is 2.34. The average molecular weight is 232 g/mol. The van der Waals surface area contributed by atoms with E-state index in [4.69, 9.17) is 10.00 Å². The second-order valence-corrected chi connectivity index (χ2v) is 4.03. The minimum Gasteiger partial charge on any atom is -0.383 e. The lowest BCUT2D eigenvalue weighted by Crippen LogP contribution is -2.10. The number of aryl methyl sites for hydroxylation is 1. The molecule has 0 amide bonds. The summed E-state index contributed by atoms with van der Waals surface area (Å²) in [6.07, 6.45) is 2.29. The van der Waals surface area contributed by atoms with Gasteiger partial charge in [-0.1, -0.05) is 13.3 Å². The van der Waals surface area contributed by atoms with Gasteiger partial charge in [0.15, 0.2) is 0 Å². The van der Waals surface area contributed by atoms with Crippen LogP contribution in [0.3, 0.4) is 0 Å². The molecule has 3 nitrogen and oxygen atoms in total. The Hall–Kier alpha value is -1.53. The molecule has 92 valence electrons. The van der Waals surface area contributed by atoms with Gasteiger partial charge in [0, 0.05) is 18.8 Å². The van der Waals surface area contributed by atoms with Crippen molar-refractivity contribution in [3.63, 3.8) is 0 Å². The smallest absolute Gasteiger partial charge is 0.0994 e. The Balaban J connectivity index is 2.28. The predicted octanol–water partition coefficient (Wildman–Crippen LogP) is 3.10. The highest BCUT2D eigenvalue weighted by Gasteiger charge is 1.98. The lowest BCUT2D eigenvalue weighted by molar-refractivity contribution is 0.141. The summed E-state index contributed by atoms with van der Waals surface area (Å²) in [5, 5.41) is 12.1. The van der Waals surface area contributed by atoms with Crippen LogP contribution in [0.25, 0.3) is 0 Å². The Morgan fingerprint density at radius 2 is 2.18 bits per heavy atom. The molecule has 0 aliphatic heterocycles. The molecule has 0 heterocycles. The minimum absolute atomic E-state index is 0.721. The molecule has 1 aromatic carbocycles. The summed E-state index contributed by atoms with van der Waals surface area (Å²) in [4.78, 5) is 0. The summed E-state index contributed by atoms with van der Waals surface area (Å²) in [6, 6.07) is 7.92. The Morgan fingerprint density at radius 3 is 2.82 bits per heavy atom. The minimum atomic E-state index is 0.721. The topological polar surface area (TPSA) is 45.0 Å². The third kappa shape index (κ3) is 4.88. The van der Waals surface area contributed by atoms with Crippen molar-refractivity contribution in [1.82, 2.24) is 0 Å². The van der Waals surface area contributed by atoms with Crippen molar-refractivity contribution in [2.45, 2.75) is 26.7 Å². The maximum absolute atomic E-state index is 8.82. The van der Waals surface area contributed by atoms with Gasteiger partial charge in [0.2, 0.25) is 0 Å². The molecule has 1 rings (SSSR count). The van der Waals surface area contributed by atoms with Gasteiger partial charge in [-0.25, -0.2) is 0 Å². The standard InChI is InChI=1S/C14H20N2O/c1-3-4-8-17-9-7-16-14-6-5-13(11-15)12(2)10-14/h5-6,10,16H,3-4,7-9H2,1-2H3. The summed E-state index contributed by atoms with van der Waals surface area (Å²) in [5.41, 5.74) is 2.78. The van der Waals surface area contributed by atoms with Gasteiger partial charge in [0.25, 0.3) is 0 Å². The van der Waals surface area contributed by atoms with E-state index in [1.807, 2.05) is 25.1 Å². The number of nitriles is 1. The molecule has 0 aliphatic carbocycles. The fraction of sp³-hybridized carbons (Fsp3) is 0.500. The largest absolute Gasteiger partial charge is 0.383 e. The highest BCUT2D eigenvalue weighted by molar-refractivity contribution is 5.51. The second-order valence-electron chi connectivity index (χ2n) is 4.03. The van der Waals surface area contributed by atoms with Crippen LogP contribution in [0.5, 0.6) is 0 Å². The van der Waals surface area contributed by atoms with Crippen molar-refractivity contribution in [2.75, 3.05) is 25.1 Å². The molecule has 0 aliphatic rings. The van der Waals surface area contributed by atoms with Crippen molar-refractivity contribution in [3.05, 3.63) is 29.3 Å². The van der Waals surface area contributed by atoms with E-state index in [0.717, 1.165) is 43.0 Å². The third-order valence-electron chi connectivity index (χ3n) is 2.56. The Morgan fingerprint density at radius 1 is 1.35 bits per heavy atom. The Labute approximate surface area is 103 Å². The van der Waals surface area contributed by atoms with Gasteiger partial charge >= 0.3 is 0 Å². The van der Waals surface area contributed by atoms with Crippen LogP contribution in [0.15, 0.2) is 18.2 Å². The molecule has 0 spiro atoms. The van der Waals surface area contributed by atoms with E-state index < -0.39 is 0 Å². The molecule has 1 N–H and O–H groups in total. The van der Waals surface area contributed by atoms with Crippen LogP contribution in [-0.2, 0) is 4.74 Å². The van der Waals surface area contributed by atoms with Crippen molar-refractivity contribution in [3.8, 4) is 6.07 Å². The molecule has 0 bridgehead atoms. The van der Waals surface area contributed by atoms with E-state index in [1.54, 1.807) is 0 Å². The predicted molar refractivity (Wildman–Crippen MR) is 70.1 cm³/mol. The van der Waals surface area contributed by atoms with Gasteiger partial charge in [0.1, 0.15) is 0 Å². The second kappa shape index (κ2) is 7.70. The Bertz CT molecular complexity index is 382. The molecular formula is C14H20N2O. The van der Waals surface area contributed by atoms with E-state index in [0.29, 0.717) is 0 Å². The number of nitrogens with one attached hydrogen (secondary N) is 1. The Kier molecular flexibility index (Phi) is 6.13. The maximum atomic E-state index is 8.82. The van der Waals surface area contributed by atoms with Crippen LogP contribution in [0, 0.1) is 18.3 Å². The molecule has 0 fully saturated rings. The summed E-state index contributed by atoms with van der Waals surface area (Å²) in [6.45, 7) is 6.46. The van der Waals surface area contributed by atoms with Crippen molar-refractivity contribution in [2.24, 2.45) is 0 Å². The van der Waals surface area contributed by atoms with E-state index >= 15 is 0 Å². The first-order valence-electron chi connectivity index (χ1n) is 6.10. The fourth-order valence-electron chi connectivity index (χ4n) is 1.52. The quantitative estimate of drug-likeness (QED) is 0.735. The molecule has 0 radical (unpaired) electrons. The van der Waals surface area contributed by atoms with Crippen LogP contribution >= 0.6 is 0 Å². The molecule has 17 heavy (non-hydrogen) atoms. The number of rotatable bonds is 7. The van der Waals surface area contributed by atoms with Gasteiger partial charge in [-0.15, -0.1) is 0 Å². The molecule has 0 unspecified atom stereocenters. The van der Waals surface area contributed by atoms with Crippen LogP contribution in [0.4, 0.5) is 5.69 Å². The van der Waals surface area contributed by atoms with Crippen LogP contribution in [0.2, 0.25) is 0 Å². The molecule has 1 aromatic rings. The maximum Gasteiger partial charge on any atom is 0.0994 e. The lowest BCUT2D eigenvalue weighted by atomic mass is 10.1. The van der Waals surface area contributed by atoms with Gasteiger partial charge in [-0.2, -0.15) is 5.26 Å².